The molecule has 0 bridgehead atoms. The van der Waals surface area contributed by atoms with Gasteiger partial charge in [0, 0.05) is 35.3 Å². The number of ether oxygens (including phenoxy) is 1. The van der Waals surface area contributed by atoms with Crippen LogP contribution in [0.5, 0.6) is 5.75 Å². The van der Waals surface area contributed by atoms with Crippen LogP contribution in [0.25, 0.3) is 44.5 Å². The number of aryl methyl sites for hydroxylation is 2. The Morgan fingerprint density at radius 2 is 1.39 bits per heavy atom. The summed E-state index contributed by atoms with van der Waals surface area (Å²) in [6, 6.07) is 29.6. The fourth-order valence-electron chi connectivity index (χ4n) is 4.06. The molecule has 5 aromatic rings. The summed E-state index contributed by atoms with van der Waals surface area (Å²) in [5.41, 5.74) is 8.93. The van der Waals surface area contributed by atoms with Crippen LogP contribution in [0.4, 0.5) is 0 Å². The van der Waals surface area contributed by atoms with Gasteiger partial charge in [-0.05, 0) is 36.2 Å². The molecular weight excluding hydrogens is 380 g/mol. The zero-order valence-electron chi connectivity index (χ0n) is 18.0. The van der Waals surface area contributed by atoms with E-state index in [4.69, 9.17) is 9.72 Å². The number of methoxy groups -OCH3 is 1. The van der Waals surface area contributed by atoms with Gasteiger partial charge in [0.2, 0.25) is 0 Å². The Balaban J connectivity index is 1.79. The molecule has 0 atom stereocenters. The van der Waals surface area contributed by atoms with E-state index in [1.165, 1.54) is 16.7 Å². The first-order valence-corrected chi connectivity index (χ1v) is 10.4. The minimum Gasteiger partial charge on any atom is -0.497 e. The van der Waals surface area contributed by atoms with Crippen LogP contribution < -0.4 is 4.74 Å². The second-order valence-electron chi connectivity index (χ2n) is 7.87. The first-order chi connectivity index (χ1) is 15.1. The Morgan fingerprint density at radius 1 is 0.742 bits per heavy atom. The maximum Gasteiger partial charge on any atom is 0.141 e. The summed E-state index contributed by atoms with van der Waals surface area (Å²) in [6.07, 6.45) is 2.17. The summed E-state index contributed by atoms with van der Waals surface area (Å²) in [4.78, 5) is 5.17. The second-order valence-corrected chi connectivity index (χ2v) is 7.87. The van der Waals surface area contributed by atoms with Crippen LogP contribution >= 0.6 is 0 Å². The van der Waals surface area contributed by atoms with Crippen LogP contribution in [0.1, 0.15) is 5.56 Å². The first-order valence-electron chi connectivity index (χ1n) is 10.4. The predicted molar refractivity (Wildman–Crippen MR) is 128 cm³/mol. The average Bonchev–Trinajstić information content (AvgIpc) is 3.15. The minimum absolute atomic E-state index is 0.847. The van der Waals surface area contributed by atoms with E-state index in [9.17, 15) is 0 Å². The predicted octanol–water partition coefficient (Wildman–Crippen LogP) is 6.89. The molecule has 2 aromatic heterocycles. The summed E-state index contributed by atoms with van der Waals surface area (Å²) >= 11 is 0. The lowest BCUT2D eigenvalue weighted by Gasteiger charge is -2.12. The van der Waals surface area contributed by atoms with E-state index in [-0.39, 0.29) is 0 Å². The molecule has 0 spiro atoms. The molecule has 0 N–H and O–H groups in total. The van der Waals surface area contributed by atoms with Crippen molar-refractivity contribution >= 4 is 11.0 Å². The molecule has 3 aromatic carbocycles. The average molecular weight is 405 g/mol. The van der Waals surface area contributed by atoms with Gasteiger partial charge >= 0.3 is 0 Å². The van der Waals surface area contributed by atoms with Gasteiger partial charge in [0.25, 0.3) is 0 Å². The quantitative estimate of drug-likeness (QED) is 0.326. The highest BCUT2D eigenvalue weighted by molar-refractivity contribution is 5.99. The first kappa shape index (κ1) is 19.1. The minimum atomic E-state index is 0.847. The smallest absolute Gasteiger partial charge is 0.141 e. The molecule has 3 heteroatoms. The lowest BCUT2D eigenvalue weighted by atomic mass is 9.96. The van der Waals surface area contributed by atoms with Gasteiger partial charge in [0.1, 0.15) is 11.4 Å². The number of nitrogens with zero attached hydrogens (tertiary/aromatic N) is 2. The van der Waals surface area contributed by atoms with Crippen LogP contribution in [0.3, 0.4) is 0 Å². The molecule has 0 saturated heterocycles. The monoisotopic (exact) mass is 404 g/mol. The molecule has 0 fully saturated rings. The highest BCUT2D eigenvalue weighted by atomic mass is 16.5. The van der Waals surface area contributed by atoms with E-state index in [0.29, 0.717) is 0 Å². The number of aromatic nitrogens is 2. The van der Waals surface area contributed by atoms with E-state index < -0.39 is 0 Å². The van der Waals surface area contributed by atoms with Crippen molar-refractivity contribution in [3.63, 3.8) is 0 Å². The highest BCUT2D eigenvalue weighted by Gasteiger charge is 2.17. The molecule has 0 aliphatic rings. The van der Waals surface area contributed by atoms with Gasteiger partial charge in [-0.25, -0.2) is 4.98 Å². The largest absolute Gasteiger partial charge is 0.497 e. The number of rotatable bonds is 4. The topological polar surface area (TPSA) is 27.1 Å². The molecule has 5 rings (SSSR count). The summed E-state index contributed by atoms with van der Waals surface area (Å²) in [7, 11) is 3.75. The van der Waals surface area contributed by atoms with Crippen molar-refractivity contribution in [1.29, 1.82) is 0 Å². The van der Waals surface area contributed by atoms with Crippen molar-refractivity contribution in [2.24, 2.45) is 7.05 Å². The third-order valence-electron chi connectivity index (χ3n) is 5.76. The van der Waals surface area contributed by atoms with Gasteiger partial charge in [0.05, 0.1) is 12.8 Å². The van der Waals surface area contributed by atoms with Gasteiger partial charge in [-0.15, -0.1) is 0 Å². The zero-order chi connectivity index (χ0) is 21.4. The Kier molecular flexibility index (Phi) is 4.79. The Morgan fingerprint density at radius 3 is 2.06 bits per heavy atom. The molecular formula is C28H24N2O. The van der Waals surface area contributed by atoms with E-state index >= 15 is 0 Å². The van der Waals surface area contributed by atoms with Gasteiger partial charge in [0.15, 0.2) is 0 Å². The van der Waals surface area contributed by atoms with Crippen LogP contribution in [-0.4, -0.2) is 16.7 Å². The summed E-state index contributed by atoms with van der Waals surface area (Å²) < 4.78 is 7.48. The van der Waals surface area contributed by atoms with Crippen LogP contribution in [0, 0.1) is 6.92 Å². The Bertz CT molecular complexity index is 1350. The summed E-state index contributed by atoms with van der Waals surface area (Å²) in [6.45, 7) is 2.11. The van der Waals surface area contributed by atoms with Gasteiger partial charge in [-0.2, -0.15) is 0 Å². The molecule has 0 unspecified atom stereocenters. The van der Waals surface area contributed by atoms with Crippen molar-refractivity contribution in [2.75, 3.05) is 7.11 Å². The van der Waals surface area contributed by atoms with Crippen molar-refractivity contribution in [1.82, 2.24) is 9.55 Å². The molecule has 3 nitrogen and oxygen atoms in total. The van der Waals surface area contributed by atoms with E-state index in [0.717, 1.165) is 39.2 Å². The number of fused-ring (bicyclic) bond motifs is 1. The number of pyridine rings is 1. The van der Waals surface area contributed by atoms with E-state index in [1.807, 2.05) is 18.2 Å². The Labute approximate surface area is 182 Å². The lowest BCUT2D eigenvalue weighted by molar-refractivity contribution is 0.415. The summed E-state index contributed by atoms with van der Waals surface area (Å²) in [5.74, 6) is 0.847. The van der Waals surface area contributed by atoms with Gasteiger partial charge in [-0.3, -0.25) is 0 Å². The molecule has 0 amide bonds. The van der Waals surface area contributed by atoms with Crippen molar-refractivity contribution in [2.45, 2.75) is 6.92 Å². The number of hydrogen-bond acceptors (Lipinski definition) is 2. The number of benzene rings is 3. The fraction of sp³-hybridized carbons (Fsp3) is 0.107. The normalized spacial score (nSPS) is 11.1. The molecule has 31 heavy (non-hydrogen) atoms. The van der Waals surface area contributed by atoms with Crippen LogP contribution in [0.2, 0.25) is 0 Å². The van der Waals surface area contributed by atoms with Gasteiger partial charge in [-0.1, -0.05) is 72.3 Å². The molecule has 152 valence electrons. The third kappa shape index (κ3) is 3.49. The van der Waals surface area contributed by atoms with Crippen molar-refractivity contribution in [3.05, 3.63) is 96.7 Å². The molecule has 0 radical (unpaired) electrons. The maximum atomic E-state index is 5.36. The second kappa shape index (κ2) is 7.77. The molecule has 2 heterocycles. The van der Waals surface area contributed by atoms with Crippen LogP contribution in [0.15, 0.2) is 91.1 Å². The maximum absolute atomic E-state index is 5.36. The fourth-order valence-corrected chi connectivity index (χ4v) is 4.06. The highest BCUT2D eigenvalue weighted by Crippen LogP contribution is 2.38. The van der Waals surface area contributed by atoms with E-state index in [1.54, 1.807) is 7.11 Å². The molecule has 0 aliphatic heterocycles. The van der Waals surface area contributed by atoms with Crippen LogP contribution in [-0.2, 0) is 7.05 Å². The van der Waals surface area contributed by atoms with Crippen molar-refractivity contribution < 1.29 is 4.74 Å². The van der Waals surface area contributed by atoms with Crippen molar-refractivity contribution in [3.8, 4) is 39.3 Å². The SMILES string of the molecule is COc1ccc(-c2cc3c(-c4ccccc4)cn(C)c3nc2-c2ccc(C)cc2)cc1. The summed E-state index contributed by atoms with van der Waals surface area (Å²) in [5, 5.41) is 1.15. The lowest BCUT2D eigenvalue weighted by Crippen LogP contribution is -1.94. The molecule has 0 aliphatic carbocycles. The van der Waals surface area contributed by atoms with Gasteiger partial charge < -0.3 is 9.30 Å². The molecule has 0 saturated carbocycles. The number of hydrogen-bond donors (Lipinski definition) is 0. The third-order valence-corrected chi connectivity index (χ3v) is 5.76. The Hall–Kier alpha value is -3.85. The van der Waals surface area contributed by atoms with E-state index in [2.05, 4.69) is 91.5 Å². The standard InChI is InChI=1S/C28H24N2O/c1-19-9-11-22(12-10-19)27-24(21-13-15-23(31-3)16-14-21)17-25-26(18-30(2)28(25)29-27)20-7-5-4-6-8-20/h4-18H,1-3H3. The zero-order valence-corrected chi connectivity index (χ0v) is 18.0.